The van der Waals surface area contributed by atoms with E-state index in [9.17, 15) is 9.59 Å². The van der Waals surface area contributed by atoms with Crippen molar-refractivity contribution in [1.82, 2.24) is 15.2 Å². The SMILES string of the molecule is CCOC(=O)C1=C(c2ccccc2)N=C2SC=C(CC(=O)NCc3ccccn3)N2C1c1ccccc1OC. The summed E-state index contributed by atoms with van der Waals surface area (Å²) >= 11 is 1.42. The highest BCUT2D eigenvalue weighted by molar-refractivity contribution is 8.16. The van der Waals surface area contributed by atoms with Gasteiger partial charge in [-0.05, 0) is 30.5 Å². The Morgan fingerprint density at radius 3 is 2.54 bits per heavy atom. The summed E-state index contributed by atoms with van der Waals surface area (Å²) in [5.74, 6) is -0.0113. The summed E-state index contributed by atoms with van der Waals surface area (Å²) in [5, 5.41) is 5.53. The number of nitrogens with zero attached hydrogens (tertiary/aromatic N) is 3. The van der Waals surface area contributed by atoms with E-state index in [0.29, 0.717) is 28.7 Å². The van der Waals surface area contributed by atoms with Gasteiger partial charge in [0.05, 0.1) is 49.7 Å². The summed E-state index contributed by atoms with van der Waals surface area (Å²) in [7, 11) is 1.60. The Labute approximate surface area is 231 Å². The first-order valence-electron chi connectivity index (χ1n) is 12.6. The second-order valence-corrected chi connectivity index (χ2v) is 9.60. The second-order valence-electron chi connectivity index (χ2n) is 8.76. The molecule has 2 aromatic carbocycles. The number of esters is 1. The number of carbonyl (C=O) groups is 2. The average Bonchev–Trinajstić information content (AvgIpc) is 3.38. The second kappa shape index (κ2) is 12.0. The summed E-state index contributed by atoms with van der Waals surface area (Å²) < 4.78 is 11.3. The maximum atomic E-state index is 13.6. The van der Waals surface area contributed by atoms with Gasteiger partial charge in [-0.3, -0.25) is 9.78 Å². The predicted molar refractivity (Wildman–Crippen MR) is 151 cm³/mol. The van der Waals surface area contributed by atoms with Gasteiger partial charge in [0.15, 0.2) is 5.17 Å². The van der Waals surface area contributed by atoms with E-state index in [1.807, 2.05) is 83.1 Å². The Bertz CT molecular complexity index is 1450. The van der Waals surface area contributed by atoms with Gasteiger partial charge in [0.2, 0.25) is 5.91 Å². The molecule has 1 unspecified atom stereocenters. The number of amides is 1. The van der Waals surface area contributed by atoms with Crippen molar-refractivity contribution in [2.45, 2.75) is 25.9 Å². The Hall–Kier alpha value is -4.37. The largest absolute Gasteiger partial charge is 0.496 e. The van der Waals surface area contributed by atoms with Gasteiger partial charge in [0.1, 0.15) is 5.75 Å². The number of thioether (sulfide) groups is 1. The number of pyridine rings is 1. The van der Waals surface area contributed by atoms with Crippen LogP contribution in [0.4, 0.5) is 0 Å². The van der Waals surface area contributed by atoms with Crippen LogP contribution in [0.5, 0.6) is 5.75 Å². The van der Waals surface area contributed by atoms with Gasteiger partial charge in [0, 0.05) is 23.0 Å². The number of para-hydroxylation sites is 1. The third kappa shape index (κ3) is 5.58. The number of hydrogen-bond acceptors (Lipinski definition) is 8. The highest BCUT2D eigenvalue weighted by Gasteiger charge is 2.43. The summed E-state index contributed by atoms with van der Waals surface area (Å²) in [6.45, 7) is 2.31. The number of hydrogen-bond donors (Lipinski definition) is 1. The number of ether oxygens (including phenoxy) is 2. The van der Waals surface area contributed by atoms with Gasteiger partial charge in [-0.2, -0.15) is 0 Å². The highest BCUT2D eigenvalue weighted by Crippen LogP contribution is 2.48. The van der Waals surface area contributed by atoms with Crippen molar-refractivity contribution in [3.8, 4) is 5.75 Å². The van der Waals surface area contributed by atoms with Gasteiger partial charge in [0.25, 0.3) is 0 Å². The quantitative estimate of drug-likeness (QED) is 0.379. The highest BCUT2D eigenvalue weighted by atomic mass is 32.2. The summed E-state index contributed by atoms with van der Waals surface area (Å²) in [6, 6.07) is 22.1. The molecule has 9 heteroatoms. The molecule has 198 valence electrons. The van der Waals surface area contributed by atoms with Crippen molar-refractivity contribution >= 4 is 34.5 Å². The molecule has 0 radical (unpaired) electrons. The number of fused-ring (bicyclic) bond motifs is 1. The van der Waals surface area contributed by atoms with Gasteiger partial charge in [-0.1, -0.05) is 66.4 Å². The molecule has 0 fully saturated rings. The minimum absolute atomic E-state index is 0.0985. The lowest BCUT2D eigenvalue weighted by molar-refractivity contribution is -0.139. The molecule has 0 saturated heterocycles. The topological polar surface area (TPSA) is 93.1 Å². The van der Waals surface area contributed by atoms with Crippen LogP contribution in [-0.2, 0) is 20.9 Å². The smallest absolute Gasteiger partial charge is 0.338 e. The maximum absolute atomic E-state index is 13.6. The Balaban J connectivity index is 1.56. The molecule has 5 rings (SSSR count). The fourth-order valence-corrected chi connectivity index (χ4v) is 5.51. The Kier molecular flexibility index (Phi) is 8.07. The maximum Gasteiger partial charge on any atom is 0.338 e. The van der Waals surface area contributed by atoms with Gasteiger partial charge in [-0.15, -0.1) is 0 Å². The van der Waals surface area contributed by atoms with Crippen LogP contribution in [0.3, 0.4) is 0 Å². The molecule has 0 saturated carbocycles. The van der Waals surface area contributed by atoms with Crippen molar-refractivity contribution in [1.29, 1.82) is 0 Å². The minimum atomic E-state index is -0.618. The molecule has 0 aliphatic carbocycles. The normalized spacial score (nSPS) is 16.3. The van der Waals surface area contributed by atoms with E-state index in [-0.39, 0.29) is 18.9 Å². The van der Waals surface area contributed by atoms with Gasteiger partial charge in [-0.25, -0.2) is 9.79 Å². The number of aromatic nitrogens is 1. The third-order valence-electron chi connectivity index (χ3n) is 6.32. The van der Waals surface area contributed by atoms with Gasteiger partial charge >= 0.3 is 5.97 Å². The standard InChI is InChI=1S/C30H28N4O4S/c1-3-38-29(36)26-27(20-11-5-4-6-12-20)33-30-34(28(26)23-14-7-8-15-24(23)37-2)22(19-39-30)17-25(35)32-18-21-13-9-10-16-31-21/h4-16,19,28H,3,17-18H2,1-2H3,(H,32,35). The van der Waals surface area contributed by atoms with Crippen molar-refractivity contribution in [3.05, 3.63) is 112 Å². The minimum Gasteiger partial charge on any atom is -0.496 e. The third-order valence-corrected chi connectivity index (χ3v) is 7.21. The molecule has 3 aromatic rings. The van der Waals surface area contributed by atoms with Crippen molar-refractivity contribution in [2.24, 2.45) is 4.99 Å². The van der Waals surface area contributed by atoms with Crippen LogP contribution < -0.4 is 10.1 Å². The van der Waals surface area contributed by atoms with Crippen LogP contribution in [0, 0.1) is 0 Å². The Morgan fingerprint density at radius 2 is 1.79 bits per heavy atom. The molecule has 2 aliphatic heterocycles. The van der Waals surface area contributed by atoms with Crippen molar-refractivity contribution in [3.63, 3.8) is 0 Å². The fraction of sp³-hybridized carbons (Fsp3) is 0.200. The molecule has 8 nitrogen and oxygen atoms in total. The van der Waals surface area contributed by atoms with E-state index in [0.717, 1.165) is 22.5 Å². The zero-order chi connectivity index (χ0) is 27.2. The van der Waals surface area contributed by atoms with Crippen LogP contribution in [0.15, 0.2) is 101 Å². The number of nitrogens with one attached hydrogen (secondary N) is 1. The first-order valence-corrected chi connectivity index (χ1v) is 13.5. The van der Waals surface area contributed by atoms with E-state index in [1.165, 1.54) is 11.8 Å². The summed E-state index contributed by atoms with van der Waals surface area (Å²) in [6.07, 6.45) is 1.79. The lowest BCUT2D eigenvalue weighted by atomic mass is 9.91. The molecule has 0 bridgehead atoms. The number of aliphatic imine (C=N–C) groups is 1. The fourth-order valence-electron chi connectivity index (χ4n) is 4.59. The number of benzene rings is 2. The van der Waals surface area contributed by atoms with E-state index in [4.69, 9.17) is 14.5 Å². The average molecular weight is 541 g/mol. The Morgan fingerprint density at radius 1 is 1.03 bits per heavy atom. The lowest BCUT2D eigenvalue weighted by Gasteiger charge is -2.37. The molecule has 1 atom stereocenters. The number of rotatable bonds is 9. The zero-order valence-corrected chi connectivity index (χ0v) is 22.5. The van der Waals surface area contributed by atoms with Crippen molar-refractivity contribution in [2.75, 3.05) is 13.7 Å². The van der Waals surface area contributed by atoms with E-state index < -0.39 is 12.0 Å². The number of amidine groups is 1. The number of methoxy groups -OCH3 is 1. The van der Waals surface area contributed by atoms with E-state index >= 15 is 0 Å². The lowest BCUT2D eigenvalue weighted by Crippen LogP contribution is -2.38. The molecule has 1 amide bonds. The molecule has 1 aromatic heterocycles. The van der Waals surface area contributed by atoms with Crippen LogP contribution in [0.25, 0.3) is 5.70 Å². The zero-order valence-electron chi connectivity index (χ0n) is 21.7. The first-order chi connectivity index (χ1) is 19.1. The summed E-state index contributed by atoms with van der Waals surface area (Å²) in [4.78, 5) is 37.8. The monoisotopic (exact) mass is 540 g/mol. The van der Waals surface area contributed by atoms with Gasteiger partial charge < -0.3 is 19.7 Å². The van der Waals surface area contributed by atoms with E-state index in [1.54, 1.807) is 20.2 Å². The molecule has 2 aliphatic rings. The molecular weight excluding hydrogens is 512 g/mol. The summed E-state index contributed by atoms with van der Waals surface area (Å²) in [5.41, 5.74) is 3.99. The van der Waals surface area contributed by atoms with E-state index in [2.05, 4.69) is 10.3 Å². The van der Waals surface area contributed by atoms with Crippen molar-refractivity contribution < 1.29 is 19.1 Å². The van der Waals surface area contributed by atoms with Crippen LogP contribution >= 0.6 is 11.8 Å². The van der Waals surface area contributed by atoms with Crippen LogP contribution in [-0.4, -0.2) is 40.6 Å². The molecule has 39 heavy (non-hydrogen) atoms. The molecule has 1 N–H and O–H groups in total. The molecule has 3 heterocycles. The first kappa shape index (κ1) is 26.2. The molecular formula is C30H28N4O4S. The molecule has 0 spiro atoms. The van der Waals surface area contributed by atoms with Crippen LogP contribution in [0.2, 0.25) is 0 Å². The van der Waals surface area contributed by atoms with Crippen LogP contribution in [0.1, 0.15) is 36.2 Å². The number of carbonyl (C=O) groups excluding carboxylic acids is 2. The predicted octanol–water partition coefficient (Wildman–Crippen LogP) is 5.07.